The van der Waals surface area contributed by atoms with Crippen molar-refractivity contribution in [2.24, 2.45) is 0 Å². The van der Waals surface area contributed by atoms with Gasteiger partial charge in [0.15, 0.2) is 0 Å². The van der Waals surface area contributed by atoms with Crippen LogP contribution in [0, 0.1) is 6.92 Å². The van der Waals surface area contributed by atoms with Crippen molar-refractivity contribution in [3.63, 3.8) is 0 Å². The second-order valence-electron chi connectivity index (χ2n) is 9.30. The van der Waals surface area contributed by atoms with Gasteiger partial charge in [0, 0.05) is 13.4 Å². The van der Waals surface area contributed by atoms with E-state index in [4.69, 9.17) is 0 Å². The average Bonchev–Trinajstić information content (AvgIpc) is 3.28. The molecule has 0 saturated carbocycles. The number of hydrogen-bond donors (Lipinski definition) is 0. The molecule has 1 aliphatic carbocycles. The molecule has 0 spiro atoms. The van der Waals surface area contributed by atoms with Gasteiger partial charge >= 0.3 is 0 Å². The third kappa shape index (κ3) is 6.44. The van der Waals surface area contributed by atoms with Crippen molar-refractivity contribution in [1.82, 2.24) is 0 Å². The van der Waals surface area contributed by atoms with Crippen LogP contribution < -0.4 is 0 Å². The van der Waals surface area contributed by atoms with E-state index in [0.717, 1.165) is 19.8 Å². The lowest BCUT2D eigenvalue weighted by Gasteiger charge is -2.22. The number of allylic oxidation sites excluding steroid dienone is 6. The van der Waals surface area contributed by atoms with Crippen LogP contribution in [-0.4, -0.2) is 0 Å². The van der Waals surface area contributed by atoms with Gasteiger partial charge in [-0.1, -0.05) is 145 Å². The quantitative estimate of drug-likeness (QED) is 0.176. The fraction of sp³-hybridized carbons (Fsp3) is 0.0556. The molecule has 0 radical (unpaired) electrons. The molecule has 1 aliphatic rings. The zero-order chi connectivity index (χ0) is 27.2. The minimum atomic E-state index is 1.08. The topological polar surface area (TPSA) is 0 Å². The Balaban J connectivity index is 0.000000384. The van der Waals surface area contributed by atoms with Crippen molar-refractivity contribution in [2.45, 2.75) is 13.3 Å². The molecule has 0 N–H and O–H groups in total. The highest BCUT2D eigenvalue weighted by atomic mass is 79.9. The molecule has 0 amide bonds. The van der Waals surface area contributed by atoms with E-state index in [1.807, 2.05) is 12.2 Å². The zero-order valence-electron chi connectivity index (χ0n) is 21.5. The van der Waals surface area contributed by atoms with Crippen LogP contribution in [0.5, 0.6) is 0 Å². The Morgan fingerprint density at radius 3 is 1.56 bits per heavy atom. The summed E-state index contributed by atoms with van der Waals surface area (Å²) in [5.41, 5.74) is 8.75. The van der Waals surface area contributed by atoms with Crippen molar-refractivity contribution in [2.75, 3.05) is 0 Å². The molecule has 0 atom stereocenters. The summed E-state index contributed by atoms with van der Waals surface area (Å²) in [7, 11) is 0. The predicted molar refractivity (Wildman–Crippen MR) is 180 cm³/mol. The van der Waals surface area contributed by atoms with Crippen LogP contribution in [0.2, 0.25) is 0 Å². The lowest BCUT2D eigenvalue weighted by atomic mass is 9.82. The molecule has 0 unspecified atom stereocenters. The molecule has 0 fully saturated rings. The van der Waals surface area contributed by atoms with E-state index >= 15 is 0 Å². The number of halogens is 3. The van der Waals surface area contributed by atoms with Crippen LogP contribution in [-0.2, 0) is 0 Å². The molecular formula is C36H27Br3. The Kier molecular flexibility index (Phi) is 9.13. The first kappa shape index (κ1) is 27.6. The van der Waals surface area contributed by atoms with Crippen LogP contribution in [0.1, 0.15) is 12.0 Å². The minimum Gasteiger partial charge on any atom is -0.0807 e. The Bertz CT molecular complexity index is 1660. The molecule has 0 heterocycles. The molecule has 0 nitrogen and oxygen atoms in total. The second kappa shape index (κ2) is 12.9. The largest absolute Gasteiger partial charge is 0.0807 e. The normalized spacial score (nSPS) is 12.2. The van der Waals surface area contributed by atoms with Gasteiger partial charge in [-0.15, -0.1) is 0 Å². The van der Waals surface area contributed by atoms with Crippen LogP contribution in [0.15, 0.2) is 147 Å². The first-order chi connectivity index (χ1) is 19.0. The smallest absolute Gasteiger partial charge is 0.0181 e. The third-order valence-electron chi connectivity index (χ3n) is 6.73. The SMILES string of the molecule is C1=CC=CCC=C1.Cc1c(-c2ccccc2)c(-c2ccc(Br)cc2)c2cc(Br)ccc2c1-c1ccc(Br)cc1. The summed E-state index contributed by atoms with van der Waals surface area (Å²) in [6.07, 6.45) is 13.5. The van der Waals surface area contributed by atoms with Crippen LogP contribution >= 0.6 is 47.8 Å². The van der Waals surface area contributed by atoms with E-state index in [1.54, 1.807) is 0 Å². The van der Waals surface area contributed by atoms with Gasteiger partial charge in [-0.2, -0.15) is 0 Å². The van der Waals surface area contributed by atoms with Crippen molar-refractivity contribution in [3.05, 3.63) is 152 Å². The summed E-state index contributed by atoms with van der Waals surface area (Å²) in [4.78, 5) is 0. The molecule has 5 aromatic rings. The average molecular weight is 699 g/mol. The van der Waals surface area contributed by atoms with Crippen molar-refractivity contribution >= 4 is 58.6 Å². The van der Waals surface area contributed by atoms with E-state index in [1.165, 1.54) is 49.7 Å². The molecular weight excluding hydrogens is 672 g/mol. The van der Waals surface area contributed by atoms with Gasteiger partial charge in [0.25, 0.3) is 0 Å². The molecule has 6 rings (SSSR count). The first-order valence-corrected chi connectivity index (χ1v) is 15.2. The third-order valence-corrected chi connectivity index (χ3v) is 8.28. The van der Waals surface area contributed by atoms with E-state index in [2.05, 4.69) is 176 Å². The summed E-state index contributed by atoms with van der Waals surface area (Å²) in [6.45, 7) is 2.25. The fourth-order valence-electron chi connectivity index (χ4n) is 4.98. The number of rotatable bonds is 3. The first-order valence-electron chi connectivity index (χ1n) is 12.8. The Morgan fingerprint density at radius 1 is 0.462 bits per heavy atom. The van der Waals surface area contributed by atoms with Crippen molar-refractivity contribution < 1.29 is 0 Å². The highest BCUT2D eigenvalue weighted by Gasteiger charge is 2.20. The molecule has 0 bridgehead atoms. The van der Waals surface area contributed by atoms with Gasteiger partial charge in [0.05, 0.1) is 0 Å². The van der Waals surface area contributed by atoms with E-state index in [-0.39, 0.29) is 0 Å². The minimum absolute atomic E-state index is 1.08. The monoisotopic (exact) mass is 696 g/mol. The summed E-state index contributed by atoms with van der Waals surface area (Å²) in [6, 6.07) is 34.6. The van der Waals surface area contributed by atoms with Gasteiger partial charge in [0.1, 0.15) is 0 Å². The number of hydrogen-bond acceptors (Lipinski definition) is 0. The maximum atomic E-state index is 3.73. The van der Waals surface area contributed by atoms with Crippen molar-refractivity contribution in [3.8, 4) is 33.4 Å². The lowest BCUT2D eigenvalue weighted by molar-refractivity contribution is 1.41. The molecule has 5 aromatic carbocycles. The predicted octanol–water partition coefficient (Wildman–Crippen LogP) is 12.5. The second-order valence-corrected chi connectivity index (χ2v) is 12.0. The lowest BCUT2D eigenvalue weighted by Crippen LogP contribution is -1.96. The van der Waals surface area contributed by atoms with Crippen molar-refractivity contribution in [1.29, 1.82) is 0 Å². The van der Waals surface area contributed by atoms with Gasteiger partial charge in [-0.05, 0) is 99.5 Å². The maximum Gasteiger partial charge on any atom is 0.0181 e. The Morgan fingerprint density at radius 2 is 0.974 bits per heavy atom. The van der Waals surface area contributed by atoms with E-state index in [0.29, 0.717) is 0 Å². The highest BCUT2D eigenvalue weighted by molar-refractivity contribution is 9.11. The van der Waals surface area contributed by atoms with Crippen LogP contribution in [0.25, 0.3) is 44.2 Å². The molecule has 0 saturated heterocycles. The summed E-state index contributed by atoms with van der Waals surface area (Å²) < 4.78 is 3.24. The van der Waals surface area contributed by atoms with Crippen LogP contribution in [0.3, 0.4) is 0 Å². The fourth-order valence-corrected chi connectivity index (χ4v) is 5.87. The van der Waals surface area contributed by atoms with Crippen LogP contribution in [0.4, 0.5) is 0 Å². The van der Waals surface area contributed by atoms with Gasteiger partial charge in [0.2, 0.25) is 0 Å². The Labute approximate surface area is 256 Å². The Hall–Kier alpha value is -2.98. The summed E-state index contributed by atoms with van der Waals surface area (Å²) >= 11 is 10.9. The summed E-state index contributed by atoms with van der Waals surface area (Å²) in [5, 5.41) is 2.50. The van der Waals surface area contributed by atoms with E-state index in [9.17, 15) is 0 Å². The van der Waals surface area contributed by atoms with Gasteiger partial charge in [-0.25, -0.2) is 0 Å². The maximum absolute atomic E-state index is 3.73. The van der Waals surface area contributed by atoms with Gasteiger partial charge < -0.3 is 0 Å². The summed E-state index contributed by atoms with van der Waals surface area (Å²) in [5.74, 6) is 0. The molecule has 0 aliphatic heterocycles. The van der Waals surface area contributed by atoms with E-state index < -0.39 is 0 Å². The van der Waals surface area contributed by atoms with Gasteiger partial charge in [-0.3, -0.25) is 0 Å². The molecule has 3 heteroatoms. The molecule has 39 heavy (non-hydrogen) atoms. The standard InChI is InChI=1S/C29H19Br3.C7H8/c1-18-27(20-7-11-22(30)12-8-20)25-16-15-24(32)17-26(25)29(21-9-13-23(31)14-10-21)28(18)19-5-3-2-4-6-19;1-2-4-6-7-5-3-1/h2-17H,1H3;1-6H,7H2. The number of fused-ring (bicyclic) bond motifs is 1. The number of benzene rings is 5. The molecule has 0 aromatic heterocycles. The zero-order valence-corrected chi connectivity index (χ0v) is 26.3. The molecule has 192 valence electrons. The highest BCUT2D eigenvalue weighted by Crippen LogP contribution is 2.47.